The highest BCUT2D eigenvalue weighted by atomic mass is 32.1. The zero-order chi connectivity index (χ0) is 7.11. The second-order valence-corrected chi connectivity index (χ2v) is 2.76. The van der Waals surface area contributed by atoms with Gasteiger partial charge in [0.15, 0.2) is 0 Å². The summed E-state index contributed by atoms with van der Waals surface area (Å²) in [5, 5.41) is 9.13. The van der Waals surface area contributed by atoms with Crippen molar-refractivity contribution in [2.45, 2.75) is 38.7 Å². The SMILES string of the molecule is CCCCC(O)CCS. The molecule has 0 aromatic heterocycles. The summed E-state index contributed by atoms with van der Waals surface area (Å²) in [4.78, 5) is 0. The van der Waals surface area contributed by atoms with Crippen molar-refractivity contribution < 1.29 is 5.11 Å². The number of hydrogen-bond acceptors (Lipinski definition) is 2. The van der Waals surface area contributed by atoms with Crippen LogP contribution in [0.15, 0.2) is 0 Å². The number of aliphatic hydroxyl groups excluding tert-OH is 1. The summed E-state index contributed by atoms with van der Waals surface area (Å²) >= 11 is 4.02. The van der Waals surface area contributed by atoms with Crippen molar-refractivity contribution in [3.63, 3.8) is 0 Å². The van der Waals surface area contributed by atoms with Gasteiger partial charge in [-0.2, -0.15) is 12.6 Å². The summed E-state index contributed by atoms with van der Waals surface area (Å²) in [5.41, 5.74) is 0. The number of rotatable bonds is 5. The molecule has 1 nitrogen and oxygen atoms in total. The first-order valence-electron chi connectivity index (χ1n) is 3.60. The molecule has 9 heavy (non-hydrogen) atoms. The van der Waals surface area contributed by atoms with Crippen LogP contribution in [-0.4, -0.2) is 17.0 Å². The standard InChI is InChI=1S/C7H16OS/c1-2-3-4-7(8)5-6-9/h7-9H,2-6H2,1H3. The summed E-state index contributed by atoms with van der Waals surface area (Å²) in [6.45, 7) is 2.13. The lowest BCUT2D eigenvalue weighted by Crippen LogP contribution is -2.06. The molecule has 0 rings (SSSR count). The molecule has 0 aromatic rings. The molecule has 1 unspecified atom stereocenters. The lowest BCUT2D eigenvalue weighted by molar-refractivity contribution is 0.158. The van der Waals surface area contributed by atoms with Gasteiger partial charge >= 0.3 is 0 Å². The number of thiol groups is 1. The van der Waals surface area contributed by atoms with Crippen LogP contribution in [0.1, 0.15) is 32.6 Å². The first-order valence-corrected chi connectivity index (χ1v) is 4.23. The van der Waals surface area contributed by atoms with E-state index in [9.17, 15) is 0 Å². The fraction of sp³-hybridized carbons (Fsp3) is 1.00. The molecule has 0 spiro atoms. The van der Waals surface area contributed by atoms with E-state index in [4.69, 9.17) is 5.11 Å². The summed E-state index contributed by atoms with van der Waals surface area (Å²) in [6, 6.07) is 0. The topological polar surface area (TPSA) is 20.2 Å². The first-order chi connectivity index (χ1) is 4.31. The summed E-state index contributed by atoms with van der Waals surface area (Å²) < 4.78 is 0. The minimum Gasteiger partial charge on any atom is -0.393 e. The van der Waals surface area contributed by atoms with Gasteiger partial charge in [0.05, 0.1) is 6.10 Å². The molecular formula is C7H16OS. The largest absolute Gasteiger partial charge is 0.393 e. The number of aliphatic hydroxyl groups is 1. The van der Waals surface area contributed by atoms with E-state index in [1.165, 1.54) is 6.42 Å². The molecule has 1 N–H and O–H groups in total. The smallest absolute Gasteiger partial charge is 0.0548 e. The van der Waals surface area contributed by atoms with Gasteiger partial charge < -0.3 is 5.11 Å². The van der Waals surface area contributed by atoms with E-state index in [0.29, 0.717) is 0 Å². The van der Waals surface area contributed by atoms with Crippen molar-refractivity contribution in [1.82, 2.24) is 0 Å². The van der Waals surface area contributed by atoms with Gasteiger partial charge in [0, 0.05) is 0 Å². The quantitative estimate of drug-likeness (QED) is 0.570. The van der Waals surface area contributed by atoms with Gasteiger partial charge in [-0.25, -0.2) is 0 Å². The Labute approximate surface area is 62.9 Å². The normalized spacial score (nSPS) is 13.7. The highest BCUT2D eigenvalue weighted by molar-refractivity contribution is 7.80. The Morgan fingerprint density at radius 3 is 2.56 bits per heavy atom. The van der Waals surface area contributed by atoms with Gasteiger partial charge in [-0.15, -0.1) is 0 Å². The van der Waals surface area contributed by atoms with Crippen LogP contribution >= 0.6 is 12.6 Å². The highest BCUT2D eigenvalue weighted by Crippen LogP contribution is 2.03. The van der Waals surface area contributed by atoms with E-state index in [-0.39, 0.29) is 6.10 Å². The lowest BCUT2D eigenvalue weighted by atomic mass is 10.1. The summed E-state index contributed by atoms with van der Waals surface area (Å²) in [6.07, 6.45) is 3.97. The van der Waals surface area contributed by atoms with Gasteiger partial charge in [-0.05, 0) is 18.6 Å². The van der Waals surface area contributed by atoms with Crippen LogP contribution < -0.4 is 0 Å². The van der Waals surface area contributed by atoms with Crippen LogP contribution in [0.3, 0.4) is 0 Å². The van der Waals surface area contributed by atoms with E-state index >= 15 is 0 Å². The van der Waals surface area contributed by atoms with E-state index < -0.39 is 0 Å². The Kier molecular flexibility index (Phi) is 6.65. The second kappa shape index (κ2) is 6.43. The predicted molar refractivity (Wildman–Crippen MR) is 44.0 cm³/mol. The molecule has 1 atom stereocenters. The van der Waals surface area contributed by atoms with Crippen molar-refractivity contribution in [3.8, 4) is 0 Å². The third-order valence-corrected chi connectivity index (χ3v) is 1.61. The molecule has 0 aliphatic heterocycles. The molecule has 0 bridgehead atoms. The fourth-order valence-corrected chi connectivity index (χ4v) is 1.03. The van der Waals surface area contributed by atoms with Gasteiger partial charge in [0.1, 0.15) is 0 Å². The van der Waals surface area contributed by atoms with Crippen molar-refractivity contribution >= 4 is 12.6 Å². The lowest BCUT2D eigenvalue weighted by Gasteiger charge is -2.05. The molecular weight excluding hydrogens is 132 g/mol. The van der Waals surface area contributed by atoms with Crippen molar-refractivity contribution in [2.24, 2.45) is 0 Å². The van der Waals surface area contributed by atoms with E-state index in [1.807, 2.05) is 0 Å². The molecule has 0 saturated carbocycles. The fourth-order valence-electron chi connectivity index (χ4n) is 0.733. The maximum absolute atomic E-state index is 9.13. The van der Waals surface area contributed by atoms with E-state index in [2.05, 4.69) is 19.6 Å². The van der Waals surface area contributed by atoms with Crippen LogP contribution in [0.5, 0.6) is 0 Å². The Morgan fingerprint density at radius 2 is 2.11 bits per heavy atom. The molecule has 56 valence electrons. The van der Waals surface area contributed by atoms with Crippen molar-refractivity contribution in [3.05, 3.63) is 0 Å². The molecule has 0 heterocycles. The molecule has 0 aromatic carbocycles. The van der Waals surface area contributed by atoms with Crippen LogP contribution in [0, 0.1) is 0 Å². The van der Waals surface area contributed by atoms with Crippen LogP contribution in [0.25, 0.3) is 0 Å². The minimum atomic E-state index is -0.109. The Hall–Kier alpha value is 0.310. The Morgan fingerprint density at radius 1 is 1.44 bits per heavy atom. The average molecular weight is 148 g/mol. The second-order valence-electron chi connectivity index (χ2n) is 2.31. The molecule has 0 amide bonds. The van der Waals surface area contributed by atoms with Crippen LogP contribution in [0.4, 0.5) is 0 Å². The van der Waals surface area contributed by atoms with Gasteiger partial charge in [0.2, 0.25) is 0 Å². The number of unbranched alkanes of at least 4 members (excludes halogenated alkanes) is 1. The van der Waals surface area contributed by atoms with E-state index in [1.54, 1.807) is 0 Å². The van der Waals surface area contributed by atoms with E-state index in [0.717, 1.165) is 25.0 Å². The third kappa shape index (κ3) is 6.19. The minimum absolute atomic E-state index is 0.109. The monoisotopic (exact) mass is 148 g/mol. The summed E-state index contributed by atoms with van der Waals surface area (Å²) in [5.74, 6) is 0.797. The highest BCUT2D eigenvalue weighted by Gasteiger charge is 1.99. The average Bonchev–Trinajstić information content (AvgIpc) is 1.85. The van der Waals surface area contributed by atoms with Gasteiger partial charge in [-0.1, -0.05) is 19.8 Å². The molecule has 0 saturated heterocycles. The molecule has 2 heteroatoms. The third-order valence-electron chi connectivity index (χ3n) is 1.35. The zero-order valence-electron chi connectivity index (χ0n) is 6.01. The predicted octanol–water partition coefficient (Wildman–Crippen LogP) is 1.86. The molecule has 0 radical (unpaired) electrons. The first kappa shape index (κ1) is 9.31. The van der Waals surface area contributed by atoms with Crippen LogP contribution in [-0.2, 0) is 0 Å². The molecule has 0 fully saturated rings. The van der Waals surface area contributed by atoms with Crippen molar-refractivity contribution in [1.29, 1.82) is 0 Å². The zero-order valence-corrected chi connectivity index (χ0v) is 6.90. The summed E-state index contributed by atoms with van der Waals surface area (Å²) in [7, 11) is 0. The maximum Gasteiger partial charge on any atom is 0.0548 e. The Balaban J connectivity index is 2.95. The van der Waals surface area contributed by atoms with Gasteiger partial charge in [-0.3, -0.25) is 0 Å². The molecule has 0 aliphatic carbocycles. The number of hydrogen-bond donors (Lipinski definition) is 2. The molecule has 0 aliphatic rings. The van der Waals surface area contributed by atoms with Gasteiger partial charge in [0.25, 0.3) is 0 Å². The van der Waals surface area contributed by atoms with Crippen molar-refractivity contribution in [2.75, 3.05) is 5.75 Å². The van der Waals surface area contributed by atoms with Crippen LogP contribution in [0.2, 0.25) is 0 Å². The maximum atomic E-state index is 9.13. The Bertz CT molecular complexity index is 56.9.